The van der Waals surface area contributed by atoms with Crippen LogP contribution in [-0.2, 0) is 21.1 Å². The van der Waals surface area contributed by atoms with E-state index in [0.29, 0.717) is 12.8 Å². The molecule has 0 radical (unpaired) electrons. The number of fused-ring (bicyclic) bond motifs is 1. The first kappa shape index (κ1) is 17.4. The zero-order valence-electron chi connectivity index (χ0n) is 13.7. The van der Waals surface area contributed by atoms with Gasteiger partial charge in [-0.15, -0.1) is 11.3 Å². The summed E-state index contributed by atoms with van der Waals surface area (Å²) >= 11 is 1.70. The van der Waals surface area contributed by atoms with Gasteiger partial charge in [0.2, 0.25) is 5.91 Å². The fourth-order valence-electron chi connectivity index (χ4n) is 3.10. The van der Waals surface area contributed by atoms with Crippen LogP contribution in [0.15, 0.2) is 24.3 Å². The number of hydrogen-bond acceptors (Lipinski definition) is 5. The van der Waals surface area contributed by atoms with E-state index in [9.17, 15) is 13.2 Å². The van der Waals surface area contributed by atoms with E-state index in [1.807, 2.05) is 25.1 Å². The van der Waals surface area contributed by atoms with Crippen molar-refractivity contribution in [2.45, 2.75) is 44.6 Å². The van der Waals surface area contributed by atoms with Gasteiger partial charge in [-0.1, -0.05) is 12.1 Å². The van der Waals surface area contributed by atoms with Crippen LogP contribution in [0.1, 0.15) is 37.6 Å². The zero-order chi connectivity index (χ0) is 17.2. The van der Waals surface area contributed by atoms with Crippen LogP contribution in [0.4, 0.5) is 0 Å². The Morgan fingerprint density at radius 2 is 2.12 bits per heavy atom. The van der Waals surface area contributed by atoms with Gasteiger partial charge in [-0.3, -0.25) is 4.79 Å². The summed E-state index contributed by atoms with van der Waals surface area (Å²) in [6, 6.07) is 8.08. The highest BCUT2D eigenvalue weighted by Crippen LogP contribution is 2.24. The van der Waals surface area contributed by atoms with E-state index in [-0.39, 0.29) is 17.4 Å². The molecule has 2 heterocycles. The van der Waals surface area contributed by atoms with Gasteiger partial charge in [-0.05, 0) is 44.7 Å². The number of sulfone groups is 1. The molecule has 0 aliphatic carbocycles. The molecule has 1 atom stereocenters. The third-order valence-corrected chi connectivity index (χ3v) is 7.33. The van der Waals surface area contributed by atoms with Gasteiger partial charge in [-0.2, -0.15) is 0 Å². The Hall–Kier alpha value is -1.47. The van der Waals surface area contributed by atoms with E-state index in [2.05, 4.69) is 16.4 Å². The predicted octanol–water partition coefficient (Wildman–Crippen LogP) is 2.70. The highest BCUT2D eigenvalue weighted by atomic mass is 32.2. The Labute approximate surface area is 146 Å². The number of amides is 1. The SMILES string of the molecule is CC1(NC(=O)CCCCc2nc3ccccc3s2)CCS(=O)(=O)C1. The van der Waals surface area contributed by atoms with Crippen LogP contribution in [0.5, 0.6) is 0 Å². The highest BCUT2D eigenvalue weighted by Gasteiger charge is 2.39. The molecule has 1 unspecified atom stereocenters. The van der Waals surface area contributed by atoms with Crippen molar-refractivity contribution in [3.05, 3.63) is 29.3 Å². The molecular weight excluding hydrogens is 344 g/mol. The van der Waals surface area contributed by atoms with Crippen molar-refractivity contribution in [2.75, 3.05) is 11.5 Å². The van der Waals surface area contributed by atoms with Gasteiger partial charge in [0.15, 0.2) is 9.84 Å². The summed E-state index contributed by atoms with van der Waals surface area (Å²) in [6.45, 7) is 1.82. The van der Waals surface area contributed by atoms with E-state index in [1.54, 1.807) is 11.3 Å². The summed E-state index contributed by atoms with van der Waals surface area (Å²) in [5.41, 5.74) is 0.439. The summed E-state index contributed by atoms with van der Waals surface area (Å²) in [7, 11) is -3.00. The molecule has 5 nitrogen and oxygen atoms in total. The minimum Gasteiger partial charge on any atom is -0.350 e. The molecule has 1 aromatic carbocycles. The molecule has 1 aromatic heterocycles. The summed E-state index contributed by atoms with van der Waals surface area (Å²) in [6.07, 6.45) is 3.50. The lowest BCUT2D eigenvalue weighted by Crippen LogP contribution is -2.46. The van der Waals surface area contributed by atoms with Crippen LogP contribution < -0.4 is 5.32 Å². The average Bonchev–Trinajstić information content (AvgIpc) is 3.03. The number of thiazole rings is 1. The Morgan fingerprint density at radius 3 is 2.83 bits per heavy atom. The molecule has 0 spiro atoms. The minimum atomic E-state index is -3.00. The van der Waals surface area contributed by atoms with E-state index >= 15 is 0 Å². The third kappa shape index (κ3) is 4.33. The molecule has 1 amide bonds. The van der Waals surface area contributed by atoms with Crippen LogP contribution >= 0.6 is 11.3 Å². The first-order chi connectivity index (χ1) is 11.4. The fourth-order valence-corrected chi connectivity index (χ4v) is 6.20. The number of hydrogen-bond donors (Lipinski definition) is 1. The number of rotatable bonds is 6. The second kappa shape index (κ2) is 6.80. The van der Waals surface area contributed by atoms with Crippen molar-refractivity contribution in [3.8, 4) is 0 Å². The smallest absolute Gasteiger partial charge is 0.220 e. The van der Waals surface area contributed by atoms with Crippen molar-refractivity contribution in [3.63, 3.8) is 0 Å². The average molecular weight is 367 g/mol. The lowest BCUT2D eigenvalue weighted by molar-refractivity contribution is -0.122. The molecule has 3 rings (SSSR count). The molecule has 0 saturated carbocycles. The highest BCUT2D eigenvalue weighted by molar-refractivity contribution is 7.91. The van der Waals surface area contributed by atoms with Crippen LogP contribution in [0, 0.1) is 0 Å². The monoisotopic (exact) mass is 366 g/mol. The lowest BCUT2D eigenvalue weighted by atomic mass is 10.0. The molecule has 1 aliphatic rings. The Morgan fingerprint density at radius 1 is 1.33 bits per heavy atom. The number of aryl methyl sites for hydroxylation is 1. The van der Waals surface area contributed by atoms with E-state index in [0.717, 1.165) is 29.8 Å². The van der Waals surface area contributed by atoms with Crippen molar-refractivity contribution in [2.24, 2.45) is 0 Å². The molecule has 1 N–H and O–H groups in total. The largest absolute Gasteiger partial charge is 0.350 e. The predicted molar refractivity (Wildman–Crippen MR) is 97.0 cm³/mol. The van der Waals surface area contributed by atoms with E-state index < -0.39 is 15.4 Å². The number of nitrogens with zero attached hydrogens (tertiary/aromatic N) is 1. The second-order valence-corrected chi connectivity index (χ2v) is 10.0. The molecule has 24 heavy (non-hydrogen) atoms. The molecule has 130 valence electrons. The number of carbonyl (C=O) groups excluding carboxylic acids is 1. The van der Waals surface area contributed by atoms with Gasteiger partial charge in [0.25, 0.3) is 0 Å². The second-order valence-electron chi connectivity index (χ2n) is 6.73. The number of nitrogens with one attached hydrogen (secondary N) is 1. The number of carbonyl (C=O) groups is 1. The molecule has 0 bridgehead atoms. The van der Waals surface area contributed by atoms with Gasteiger partial charge in [0, 0.05) is 6.42 Å². The zero-order valence-corrected chi connectivity index (χ0v) is 15.4. The van der Waals surface area contributed by atoms with E-state index in [1.165, 1.54) is 4.70 Å². The van der Waals surface area contributed by atoms with Crippen molar-refractivity contribution >= 4 is 37.3 Å². The maximum Gasteiger partial charge on any atom is 0.220 e. The molecule has 1 saturated heterocycles. The Kier molecular flexibility index (Phi) is 4.92. The molecule has 1 aliphatic heterocycles. The van der Waals surface area contributed by atoms with Gasteiger partial charge in [0.05, 0.1) is 32.3 Å². The van der Waals surface area contributed by atoms with Crippen LogP contribution in [0.25, 0.3) is 10.2 Å². The van der Waals surface area contributed by atoms with Gasteiger partial charge in [-0.25, -0.2) is 13.4 Å². The first-order valence-electron chi connectivity index (χ1n) is 8.21. The standard InChI is InChI=1S/C17H22N2O3S2/c1-17(10-11-24(21,22)12-17)19-15(20)8-4-5-9-16-18-13-6-2-3-7-14(13)23-16/h2-3,6-7H,4-5,8-12H2,1H3,(H,19,20). The van der Waals surface area contributed by atoms with E-state index in [4.69, 9.17) is 0 Å². The molecular formula is C17H22N2O3S2. The quantitative estimate of drug-likeness (QED) is 0.798. The van der Waals surface area contributed by atoms with Crippen molar-refractivity contribution < 1.29 is 13.2 Å². The maximum atomic E-state index is 12.0. The Balaban J connectivity index is 1.42. The molecule has 1 fully saturated rings. The van der Waals surface area contributed by atoms with Gasteiger partial charge >= 0.3 is 0 Å². The van der Waals surface area contributed by atoms with Gasteiger partial charge < -0.3 is 5.32 Å². The van der Waals surface area contributed by atoms with Crippen molar-refractivity contribution in [1.82, 2.24) is 10.3 Å². The molecule has 2 aromatic rings. The summed E-state index contributed by atoms with van der Waals surface area (Å²) in [4.78, 5) is 16.6. The summed E-state index contributed by atoms with van der Waals surface area (Å²) in [5.74, 6) is 0.164. The summed E-state index contributed by atoms with van der Waals surface area (Å²) < 4.78 is 24.3. The van der Waals surface area contributed by atoms with Crippen LogP contribution in [0.2, 0.25) is 0 Å². The fraction of sp³-hybridized carbons (Fsp3) is 0.529. The topological polar surface area (TPSA) is 76.1 Å². The van der Waals surface area contributed by atoms with Gasteiger partial charge in [0.1, 0.15) is 0 Å². The number of benzene rings is 1. The number of para-hydroxylation sites is 1. The third-order valence-electron chi connectivity index (χ3n) is 4.33. The minimum absolute atomic E-state index is 0.0530. The number of aromatic nitrogens is 1. The lowest BCUT2D eigenvalue weighted by Gasteiger charge is -2.23. The molecule has 7 heteroatoms. The maximum absolute atomic E-state index is 12.0. The summed E-state index contributed by atoms with van der Waals surface area (Å²) in [5, 5.41) is 4.00. The van der Waals surface area contributed by atoms with Crippen LogP contribution in [0.3, 0.4) is 0 Å². The van der Waals surface area contributed by atoms with Crippen LogP contribution in [-0.4, -0.2) is 36.4 Å². The Bertz CT molecular complexity index is 811. The normalized spacial score (nSPS) is 22.7. The first-order valence-corrected chi connectivity index (χ1v) is 10.8. The number of unbranched alkanes of at least 4 members (excludes halogenated alkanes) is 1. The van der Waals surface area contributed by atoms with Crippen molar-refractivity contribution in [1.29, 1.82) is 0 Å².